The molecule has 5 nitrogen and oxygen atoms in total. The molecule has 0 aliphatic heterocycles. The van der Waals surface area contributed by atoms with Gasteiger partial charge in [0.2, 0.25) is 11.8 Å². The van der Waals surface area contributed by atoms with Gasteiger partial charge in [-0.3, -0.25) is 0 Å². The van der Waals surface area contributed by atoms with E-state index in [0.717, 1.165) is 18.8 Å². The Hall–Kier alpha value is -2.17. The first-order chi connectivity index (χ1) is 10.2. The van der Waals surface area contributed by atoms with Crippen molar-refractivity contribution in [3.8, 4) is 11.5 Å². The highest BCUT2D eigenvalue weighted by Gasteiger charge is 2.17. The number of hydrogen-bond acceptors (Lipinski definition) is 4. The summed E-state index contributed by atoms with van der Waals surface area (Å²) in [5.74, 6) is 0.852. The van der Waals surface area contributed by atoms with Crippen LogP contribution in [0.15, 0.2) is 28.7 Å². The van der Waals surface area contributed by atoms with Crippen molar-refractivity contribution in [1.29, 1.82) is 0 Å². The summed E-state index contributed by atoms with van der Waals surface area (Å²) < 4.78 is 5.65. The standard InChI is InChI=1S/C16H18N2O3/c19-16(20)13-7-3-6-12(10-13)15-18-17-14(21-15)9-8-11-4-1-2-5-11/h3,6-7,10-11H,1-2,4-5,8-9H2,(H,19,20). The summed E-state index contributed by atoms with van der Waals surface area (Å²) in [6, 6.07) is 6.56. The third kappa shape index (κ3) is 3.29. The molecule has 3 rings (SSSR count). The minimum absolute atomic E-state index is 0.221. The monoisotopic (exact) mass is 286 g/mol. The number of rotatable bonds is 5. The molecule has 0 bridgehead atoms. The maximum absolute atomic E-state index is 11.0. The molecule has 2 aromatic rings. The van der Waals surface area contributed by atoms with Crippen molar-refractivity contribution in [3.63, 3.8) is 0 Å². The number of carboxylic acids is 1. The summed E-state index contributed by atoms with van der Waals surface area (Å²) in [6.45, 7) is 0. The zero-order valence-corrected chi connectivity index (χ0v) is 11.8. The van der Waals surface area contributed by atoms with E-state index in [0.29, 0.717) is 17.3 Å². The van der Waals surface area contributed by atoms with Crippen molar-refractivity contribution in [3.05, 3.63) is 35.7 Å². The Bertz CT molecular complexity index is 630. The van der Waals surface area contributed by atoms with Gasteiger partial charge in [0.15, 0.2) is 0 Å². The van der Waals surface area contributed by atoms with E-state index in [4.69, 9.17) is 9.52 Å². The van der Waals surface area contributed by atoms with E-state index in [2.05, 4.69) is 10.2 Å². The lowest BCUT2D eigenvalue weighted by Gasteiger charge is -2.05. The van der Waals surface area contributed by atoms with Gasteiger partial charge in [0.1, 0.15) is 0 Å². The van der Waals surface area contributed by atoms with Gasteiger partial charge in [-0.25, -0.2) is 4.79 Å². The zero-order valence-electron chi connectivity index (χ0n) is 11.8. The fourth-order valence-electron chi connectivity index (χ4n) is 2.88. The molecule has 0 saturated heterocycles. The molecule has 1 aromatic heterocycles. The Morgan fingerprint density at radius 1 is 1.29 bits per heavy atom. The molecule has 21 heavy (non-hydrogen) atoms. The molecule has 1 aliphatic rings. The third-order valence-corrected chi connectivity index (χ3v) is 4.06. The van der Waals surface area contributed by atoms with Crippen LogP contribution in [0.25, 0.3) is 11.5 Å². The molecule has 0 radical (unpaired) electrons. The van der Waals surface area contributed by atoms with Crippen molar-refractivity contribution >= 4 is 5.97 Å². The first kappa shape index (κ1) is 13.8. The van der Waals surface area contributed by atoms with Crippen LogP contribution in [-0.4, -0.2) is 21.3 Å². The largest absolute Gasteiger partial charge is 0.478 e. The molecule has 5 heteroatoms. The van der Waals surface area contributed by atoms with Crippen LogP contribution in [0.3, 0.4) is 0 Å². The second kappa shape index (κ2) is 6.08. The van der Waals surface area contributed by atoms with Crippen LogP contribution in [0.1, 0.15) is 48.4 Å². The van der Waals surface area contributed by atoms with Crippen molar-refractivity contribution in [1.82, 2.24) is 10.2 Å². The van der Waals surface area contributed by atoms with Crippen LogP contribution in [0.4, 0.5) is 0 Å². The molecule has 1 aliphatic carbocycles. The highest BCUT2D eigenvalue weighted by molar-refractivity contribution is 5.88. The lowest BCUT2D eigenvalue weighted by atomic mass is 10.0. The number of aromatic carboxylic acids is 1. The lowest BCUT2D eigenvalue weighted by molar-refractivity contribution is 0.0697. The summed E-state index contributed by atoms with van der Waals surface area (Å²) >= 11 is 0. The number of benzene rings is 1. The van der Waals surface area contributed by atoms with Crippen molar-refractivity contribution in [2.75, 3.05) is 0 Å². The van der Waals surface area contributed by atoms with Gasteiger partial charge >= 0.3 is 5.97 Å². The van der Waals surface area contributed by atoms with E-state index in [9.17, 15) is 4.79 Å². The van der Waals surface area contributed by atoms with E-state index in [1.165, 1.54) is 25.7 Å². The predicted molar refractivity (Wildman–Crippen MR) is 77.0 cm³/mol. The van der Waals surface area contributed by atoms with Crippen LogP contribution < -0.4 is 0 Å². The van der Waals surface area contributed by atoms with Gasteiger partial charge in [0, 0.05) is 12.0 Å². The molecule has 0 spiro atoms. The van der Waals surface area contributed by atoms with Crippen LogP contribution >= 0.6 is 0 Å². The summed E-state index contributed by atoms with van der Waals surface area (Å²) in [5, 5.41) is 17.1. The SMILES string of the molecule is O=C(O)c1cccc(-c2nnc(CCC3CCCC3)o2)c1. The summed E-state index contributed by atoms with van der Waals surface area (Å²) in [6.07, 6.45) is 7.18. The van der Waals surface area contributed by atoms with E-state index >= 15 is 0 Å². The third-order valence-electron chi connectivity index (χ3n) is 4.06. The van der Waals surface area contributed by atoms with Gasteiger partial charge in [-0.1, -0.05) is 31.7 Å². The molecule has 0 atom stereocenters. The molecular formula is C16H18N2O3. The molecule has 1 fully saturated rings. The summed E-state index contributed by atoms with van der Waals surface area (Å²) in [4.78, 5) is 11.0. The highest BCUT2D eigenvalue weighted by Crippen LogP contribution is 2.29. The number of carbonyl (C=O) groups is 1. The number of nitrogens with zero attached hydrogens (tertiary/aromatic N) is 2. The normalized spacial score (nSPS) is 15.4. The van der Waals surface area contributed by atoms with Crippen LogP contribution in [0.5, 0.6) is 0 Å². The molecule has 0 amide bonds. The smallest absolute Gasteiger partial charge is 0.335 e. The fraction of sp³-hybridized carbons (Fsp3) is 0.438. The van der Waals surface area contributed by atoms with E-state index in [1.807, 2.05) is 0 Å². The first-order valence-electron chi connectivity index (χ1n) is 7.38. The molecular weight excluding hydrogens is 268 g/mol. The van der Waals surface area contributed by atoms with Gasteiger partial charge < -0.3 is 9.52 Å². The minimum Gasteiger partial charge on any atom is -0.478 e. The Balaban J connectivity index is 1.69. The molecule has 1 aromatic carbocycles. The maximum Gasteiger partial charge on any atom is 0.335 e. The van der Waals surface area contributed by atoms with Gasteiger partial charge in [-0.05, 0) is 30.5 Å². The first-order valence-corrected chi connectivity index (χ1v) is 7.38. The van der Waals surface area contributed by atoms with Crippen LogP contribution in [0.2, 0.25) is 0 Å². The van der Waals surface area contributed by atoms with Gasteiger partial charge in [-0.15, -0.1) is 10.2 Å². The second-order valence-corrected chi connectivity index (χ2v) is 5.58. The Morgan fingerprint density at radius 3 is 2.86 bits per heavy atom. The number of hydrogen-bond donors (Lipinski definition) is 1. The average molecular weight is 286 g/mol. The average Bonchev–Trinajstić information content (AvgIpc) is 3.17. The molecule has 1 N–H and O–H groups in total. The lowest BCUT2D eigenvalue weighted by Crippen LogP contribution is -1.96. The molecule has 110 valence electrons. The van der Waals surface area contributed by atoms with Gasteiger partial charge in [0.25, 0.3) is 0 Å². The van der Waals surface area contributed by atoms with Crippen molar-refractivity contribution < 1.29 is 14.3 Å². The number of aromatic nitrogens is 2. The Kier molecular flexibility index (Phi) is 3.99. The Morgan fingerprint density at radius 2 is 2.10 bits per heavy atom. The van der Waals surface area contributed by atoms with Gasteiger partial charge in [0.05, 0.1) is 5.56 Å². The second-order valence-electron chi connectivity index (χ2n) is 5.58. The Labute approximate surface area is 123 Å². The molecule has 0 unspecified atom stereocenters. The highest BCUT2D eigenvalue weighted by atomic mass is 16.4. The predicted octanol–water partition coefficient (Wildman–Crippen LogP) is 3.56. The molecule has 1 saturated carbocycles. The number of carboxylic acid groups (broad SMARTS) is 1. The van der Waals surface area contributed by atoms with E-state index < -0.39 is 5.97 Å². The fourth-order valence-corrected chi connectivity index (χ4v) is 2.88. The van der Waals surface area contributed by atoms with Crippen LogP contribution in [-0.2, 0) is 6.42 Å². The number of aryl methyl sites for hydroxylation is 1. The van der Waals surface area contributed by atoms with E-state index in [-0.39, 0.29) is 5.56 Å². The van der Waals surface area contributed by atoms with Crippen molar-refractivity contribution in [2.24, 2.45) is 5.92 Å². The maximum atomic E-state index is 11.0. The quantitative estimate of drug-likeness (QED) is 0.909. The van der Waals surface area contributed by atoms with Gasteiger partial charge in [-0.2, -0.15) is 0 Å². The van der Waals surface area contributed by atoms with Crippen molar-refractivity contribution in [2.45, 2.75) is 38.5 Å². The summed E-state index contributed by atoms with van der Waals surface area (Å²) in [7, 11) is 0. The summed E-state index contributed by atoms with van der Waals surface area (Å²) in [5.41, 5.74) is 0.868. The van der Waals surface area contributed by atoms with Crippen LogP contribution in [0, 0.1) is 5.92 Å². The zero-order chi connectivity index (χ0) is 14.7. The molecule has 1 heterocycles. The van der Waals surface area contributed by atoms with E-state index in [1.54, 1.807) is 24.3 Å². The minimum atomic E-state index is -0.960. The topological polar surface area (TPSA) is 76.2 Å².